The molecule has 2 aromatic carbocycles. The fourth-order valence-corrected chi connectivity index (χ4v) is 8.21. The second-order valence-electron chi connectivity index (χ2n) is 12.2. The molecule has 4 aliphatic carbocycles. The first kappa shape index (κ1) is 25.7. The van der Waals surface area contributed by atoms with E-state index in [1.807, 2.05) is 42.5 Å². The molecule has 6 nitrogen and oxygen atoms in total. The molecule has 7 heteroatoms. The lowest BCUT2D eigenvalue weighted by Gasteiger charge is -2.59. The van der Waals surface area contributed by atoms with Crippen molar-refractivity contribution in [1.29, 1.82) is 0 Å². The number of hydrogen-bond donors (Lipinski definition) is 1. The first-order valence-electron chi connectivity index (χ1n) is 14.0. The maximum atomic E-state index is 13.5. The smallest absolute Gasteiger partial charge is 0.260 e. The van der Waals surface area contributed by atoms with Gasteiger partial charge in [0, 0.05) is 37.1 Å². The summed E-state index contributed by atoms with van der Waals surface area (Å²) in [5, 5.41) is 11.5. The van der Waals surface area contributed by atoms with Gasteiger partial charge in [-0.25, -0.2) is 0 Å². The molecule has 38 heavy (non-hydrogen) atoms. The summed E-state index contributed by atoms with van der Waals surface area (Å²) in [6, 6.07) is 15.7. The van der Waals surface area contributed by atoms with Gasteiger partial charge in [0.15, 0.2) is 6.61 Å². The zero-order valence-corrected chi connectivity index (χ0v) is 22.8. The van der Waals surface area contributed by atoms with E-state index in [-0.39, 0.29) is 24.3 Å². The van der Waals surface area contributed by atoms with Crippen LogP contribution in [-0.2, 0) is 22.6 Å². The van der Waals surface area contributed by atoms with E-state index < -0.39 is 5.60 Å². The molecule has 3 unspecified atom stereocenters. The van der Waals surface area contributed by atoms with Gasteiger partial charge in [0.05, 0.1) is 5.60 Å². The molecule has 0 radical (unpaired) electrons. The van der Waals surface area contributed by atoms with E-state index in [2.05, 4.69) is 4.90 Å². The van der Waals surface area contributed by atoms with Crippen LogP contribution in [0, 0.1) is 23.7 Å². The van der Waals surface area contributed by atoms with Crippen molar-refractivity contribution in [2.75, 3.05) is 20.2 Å². The van der Waals surface area contributed by atoms with Gasteiger partial charge in [0.2, 0.25) is 5.91 Å². The van der Waals surface area contributed by atoms with Gasteiger partial charge >= 0.3 is 0 Å². The molecule has 202 valence electrons. The summed E-state index contributed by atoms with van der Waals surface area (Å²) in [5.41, 5.74) is 1.52. The van der Waals surface area contributed by atoms with E-state index in [0.29, 0.717) is 47.5 Å². The molecule has 2 aromatic rings. The van der Waals surface area contributed by atoms with E-state index >= 15 is 0 Å². The zero-order valence-electron chi connectivity index (χ0n) is 22.0. The Balaban J connectivity index is 1.03. The van der Waals surface area contributed by atoms with Gasteiger partial charge in [0.25, 0.3) is 5.91 Å². The maximum Gasteiger partial charge on any atom is 0.260 e. The third-order valence-corrected chi connectivity index (χ3v) is 9.80. The van der Waals surface area contributed by atoms with Crippen molar-refractivity contribution < 1.29 is 19.4 Å². The number of hydrogen-bond acceptors (Lipinski definition) is 4. The predicted octanol–water partition coefficient (Wildman–Crippen LogP) is 4.71. The van der Waals surface area contributed by atoms with E-state index in [4.69, 9.17) is 16.3 Å². The molecule has 1 N–H and O–H groups in total. The Hall–Kier alpha value is -2.57. The lowest BCUT2D eigenvalue weighted by Crippen LogP contribution is -2.62. The van der Waals surface area contributed by atoms with Gasteiger partial charge in [-0.15, -0.1) is 0 Å². The molecule has 5 fully saturated rings. The van der Waals surface area contributed by atoms with Gasteiger partial charge in [0.1, 0.15) is 5.75 Å². The molecule has 4 bridgehead atoms. The van der Waals surface area contributed by atoms with Crippen molar-refractivity contribution in [3.63, 3.8) is 0 Å². The standard InChI is InChI=1S/C31H37ClN2O4/c1-33(18-20-5-3-2-4-6-20)28(35)19-38-26-8-7-22(27(32)14-26)13-23-9-10-34(30(23)36)29-24-11-21-12-25(29)17-31(37,15-21)16-24/h2-8,14,21,23-25,29,37H,9-13,15-19H2,1H3. The van der Waals surface area contributed by atoms with E-state index in [9.17, 15) is 14.7 Å². The highest BCUT2D eigenvalue weighted by molar-refractivity contribution is 6.31. The second-order valence-corrected chi connectivity index (χ2v) is 12.6. The highest BCUT2D eigenvalue weighted by Crippen LogP contribution is 2.57. The Morgan fingerprint density at radius 3 is 2.55 bits per heavy atom. The molecule has 7 rings (SSSR count). The number of likely N-dealkylation sites (tertiary alicyclic amines) is 1. The van der Waals surface area contributed by atoms with Gasteiger partial charge in [-0.3, -0.25) is 9.59 Å². The van der Waals surface area contributed by atoms with Crippen LogP contribution in [0.5, 0.6) is 5.75 Å². The highest BCUT2D eigenvalue weighted by Gasteiger charge is 2.57. The minimum absolute atomic E-state index is 0.0607. The van der Waals surface area contributed by atoms with Crippen LogP contribution in [-0.4, -0.2) is 58.6 Å². The predicted molar refractivity (Wildman–Crippen MR) is 146 cm³/mol. The molecule has 5 aliphatic rings. The Morgan fingerprint density at radius 2 is 1.87 bits per heavy atom. The molecule has 1 saturated heterocycles. The number of rotatable bonds is 8. The number of ether oxygens (including phenoxy) is 1. The van der Waals surface area contributed by atoms with Gasteiger partial charge in [-0.1, -0.05) is 48.0 Å². The van der Waals surface area contributed by atoms with Crippen LogP contribution in [0.15, 0.2) is 48.5 Å². The SMILES string of the molecule is CN(Cc1ccccc1)C(=O)COc1ccc(CC2CCN(C3C4CC5CC3CC(O)(C5)C4)C2=O)c(Cl)c1. The minimum Gasteiger partial charge on any atom is -0.484 e. The van der Waals surface area contributed by atoms with E-state index in [1.54, 1.807) is 18.0 Å². The van der Waals surface area contributed by atoms with Crippen LogP contribution in [0.25, 0.3) is 0 Å². The van der Waals surface area contributed by atoms with Gasteiger partial charge in [-0.2, -0.15) is 0 Å². The lowest BCUT2D eigenvalue weighted by atomic mass is 9.52. The van der Waals surface area contributed by atoms with Crippen LogP contribution in [0.4, 0.5) is 0 Å². The quantitative estimate of drug-likeness (QED) is 0.530. The van der Waals surface area contributed by atoms with Crippen LogP contribution < -0.4 is 4.74 Å². The van der Waals surface area contributed by atoms with Crippen LogP contribution in [0.1, 0.15) is 49.7 Å². The molecule has 1 aliphatic heterocycles. The largest absolute Gasteiger partial charge is 0.484 e. The summed E-state index contributed by atoms with van der Waals surface area (Å²) in [7, 11) is 1.77. The van der Waals surface area contributed by atoms with Crippen molar-refractivity contribution in [3.05, 3.63) is 64.7 Å². The summed E-state index contributed by atoms with van der Waals surface area (Å²) in [5.74, 6) is 2.16. The zero-order chi connectivity index (χ0) is 26.4. The normalized spacial score (nSPS) is 31.6. The Bertz CT molecular complexity index is 1190. The molecule has 0 aromatic heterocycles. The summed E-state index contributed by atoms with van der Waals surface area (Å²) in [6.07, 6.45) is 6.46. The summed E-state index contributed by atoms with van der Waals surface area (Å²) < 4.78 is 5.74. The highest BCUT2D eigenvalue weighted by atomic mass is 35.5. The second kappa shape index (κ2) is 10.2. The molecule has 3 atom stereocenters. The Morgan fingerprint density at radius 1 is 1.13 bits per heavy atom. The first-order valence-corrected chi connectivity index (χ1v) is 14.4. The molecule has 0 spiro atoms. The third-order valence-electron chi connectivity index (χ3n) is 9.44. The summed E-state index contributed by atoms with van der Waals surface area (Å²) >= 11 is 6.61. The molecular weight excluding hydrogens is 500 g/mol. The molecule has 4 saturated carbocycles. The van der Waals surface area contributed by atoms with Crippen LogP contribution in [0.2, 0.25) is 5.02 Å². The number of halogens is 1. The maximum absolute atomic E-state index is 13.5. The monoisotopic (exact) mass is 536 g/mol. The average molecular weight is 537 g/mol. The number of aliphatic hydroxyl groups is 1. The van der Waals surface area contributed by atoms with Crippen molar-refractivity contribution in [1.82, 2.24) is 9.80 Å². The molecule has 1 heterocycles. The van der Waals surface area contributed by atoms with Crippen molar-refractivity contribution >= 4 is 23.4 Å². The first-order chi connectivity index (χ1) is 18.3. The van der Waals surface area contributed by atoms with Gasteiger partial charge in [-0.05, 0) is 86.0 Å². The number of likely N-dealkylation sites (N-methyl/N-ethyl adjacent to an activating group) is 1. The third kappa shape index (κ3) is 5.05. The van der Waals surface area contributed by atoms with Crippen LogP contribution >= 0.6 is 11.6 Å². The van der Waals surface area contributed by atoms with Crippen LogP contribution in [0.3, 0.4) is 0 Å². The minimum atomic E-state index is -0.478. The lowest BCUT2D eigenvalue weighted by molar-refractivity contribution is -0.168. The summed E-state index contributed by atoms with van der Waals surface area (Å²) in [4.78, 5) is 29.8. The van der Waals surface area contributed by atoms with Crippen molar-refractivity contribution in [3.8, 4) is 5.75 Å². The number of nitrogens with zero attached hydrogens (tertiary/aromatic N) is 2. The summed E-state index contributed by atoms with van der Waals surface area (Å²) in [6.45, 7) is 1.27. The number of carbonyl (C=O) groups is 2. The molecule has 2 amide bonds. The van der Waals surface area contributed by atoms with Gasteiger partial charge < -0.3 is 19.6 Å². The van der Waals surface area contributed by atoms with E-state index in [1.165, 1.54) is 0 Å². The van der Waals surface area contributed by atoms with Crippen molar-refractivity contribution in [2.24, 2.45) is 23.7 Å². The topological polar surface area (TPSA) is 70.1 Å². The Kier molecular flexibility index (Phi) is 6.89. The fourth-order valence-electron chi connectivity index (χ4n) is 7.96. The fraction of sp³-hybridized carbons (Fsp3) is 0.548. The Labute approximate surface area is 229 Å². The number of carbonyl (C=O) groups excluding carboxylic acids is 2. The number of benzene rings is 2. The average Bonchev–Trinajstić information content (AvgIpc) is 3.23. The van der Waals surface area contributed by atoms with E-state index in [0.717, 1.165) is 56.2 Å². The van der Waals surface area contributed by atoms with Crippen molar-refractivity contribution in [2.45, 2.75) is 63.1 Å². The number of amides is 2. The molecular formula is C31H37ClN2O4.